The predicted molar refractivity (Wildman–Crippen MR) is 88.5 cm³/mol. The van der Waals surface area contributed by atoms with Crippen LogP contribution < -0.4 is 10.5 Å². The van der Waals surface area contributed by atoms with Crippen LogP contribution in [0.2, 0.25) is 0 Å². The molecule has 0 aromatic heterocycles. The maximum atomic E-state index is 10.5. The first-order chi connectivity index (χ1) is 11.7. The van der Waals surface area contributed by atoms with Gasteiger partial charge in [0.25, 0.3) is 17.1 Å². The third-order valence-corrected chi connectivity index (χ3v) is 3.08. The van der Waals surface area contributed by atoms with Crippen LogP contribution in [0.3, 0.4) is 0 Å². The monoisotopic (exact) mass is 350 g/mol. The molecule has 2 N–H and O–H groups in total. The molecule has 0 saturated carbocycles. The number of hydrogen-bond acceptors (Lipinski definition) is 8. The molecule has 0 bridgehead atoms. The van der Waals surface area contributed by atoms with Gasteiger partial charge in [-0.15, -0.1) is 0 Å². The van der Waals surface area contributed by atoms with Crippen LogP contribution >= 0.6 is 0 Å². The molecule has 2 aromatic carbocycles. The molecule has 0 spiro atoms. The van der Waals surface area contributed by atoms with E-state index in [0.29, 0.717) is 17.8 Å². The molecule has 0 unspecified atom stereocenters. The number of hydrogen-bond donors (Lipinski definition) is 1. The molecule has 2 rings (SSSR count). The van der Waals surface area contributed by atoms with Gasteiger partial charge in [-0.2, -0.15) is 0 Å². The Labute approximate surface area is 141 Å². The molecule has 0 saturated heterocycles. The zero-order chi connectivity index (χ0) is 19.1. The Bertz CT molecular complexity index is 788. The molecule has 0 heterocycles. The molecule has 0 aliphatic rings. The Morgan fingerprint density at radius 2 is 1.40 bits per heavy atom. The molecule has 11 nitrogen and oxygen atoms in total. The van der Waals surface area contributed by atoms with Crippen LogP contribution in [0, 0.1) is 37.3 Å². The number of non-ortho nitro benzene ring substituents is 1. The van der Waals surface area contributed by atoms with Gasteiger partial charge < -0.3 is 10.5 Å². The van der Waals surface area contributed by atoms with Gasteiger partial charge >= 0.3 is 0 Å². The van der Waals surface area contributed by atoms with Gasteiger partial charge in [0.2, 0.25) is 0 Å². The van der Waals surface area contributed by atoms with Crippen LogP contribution in [-0.2, 0) is 0 Å². The fraction of sp³-hybridized carbons (Fsp3) is 0.143. The van der Waals surface area contributed by atoms with E-state index in [-0.39, 0.29) is 5.56 Å². The lowest BCUT2D eigenvalue weighted by atomic mass is 10.1. The van der Waals surface area contributed by atoms with E-state index >= 15 is 0 Å². The predicted octanol–water partition coefficient (Wildman–Crippen LogP) is 3.00. The van der Waals surface area contributed by atoms with E-state index in [1.165, 1.54) is 6.92 Å². The minimum absolute atomic E-state index is 0.208. The number of anilines is 1. The minimum Gasteiger partial charge on any atom is -0.495 e. The summed E-state index contributed by atoms with van der Waals surface area (Å²) in [7, 11) is 1.60. The average Bonchev–Trinajstić information content (AvgIpc) is 2.55. The number of nitrogens with zero attached hydrogens (tertiary/aromatic N) is 3. The lowest BCUT2D eigenvalue weighted by Gasteiger charge is -2.00. The van der Waals surface area contributed by atoms with E-state index in [9.17, 15) is 30.3 Å². The zero-order valence-electron chi connectivity index (χ0n) is 13.2. The first-order valence-corrected chi connectivity index (χ1v) is 6.65. The summed E-state index contributed by atoms with van der Waals surface area (Å²) in [5.74, 6) is 0.734. The quantitative estimate of drug-likeness (QED) is 0.499. The summed E-state index contributed by atoms with van der Waals surface area (Å²) in [6.07, 6.45) is 0. The van der Waals surface area contributed by atoms with E-state index in [2.05, 4.69) is 0 Å². The number of nitro groups is 3. The van der Waals surface area contributed by atoms with Crippen molar-refractivity contribution in [2.24, 2.45) is 0 Å². The van der Waals surface area contributed by atoms with E-state index in [1.807, 2.05) is 18.2 Å². The number of methoxy groups -OCH3 is 1. The van der Waals surface area contributed by atoms with E-state index in [1.54, 1.807) is 13.2 Å². The highest BCUT2D eigenvalue weighted by Gasteiger charge is 2.27. The summed E-state index contributed by atoms with van der Waals surface area (Å²) in [5, 5.41) is 31.5. The summed E-state index contributed by atoms with van der Waals surface area (Å²) >= 11 is 0. The zero-order valence-corrected chi connectivity index (χ0v) is 13.2. The van der Waals surface area contributed by atoms with Gasteiger partial charge in [-0.05, 0) is 19.1 Å². The van der Waals surface area contributed by atoms with Crippen molar-refractivity contribution in [1.29, 1.82) is 0 Å². The topological polar surface area (TPSA) is 165 Å². The molecule has 2 aromatic rings. The van der Waals surface area contributed by atoms with Crippen LogP contribution in [0.25, 0.3) is 0 Å². The summed E-state index contributed by atoms with van der Waals surface area (Å²) in [4.78, 5) is 28.8. The fourth-order valence-corrected chi connectivity index (χ4v) is 1.82. The highest BCUT2D eigenvalue weighted by molar-refractivity contribution is 5.59. The second-order valence-corrected chi connectivity index (χ2v) is 4.62. The maximum absolute atomic E-state index is 10.5. The Hall–Kier alpha value is -3.76. The molecule has 0 atom stereocenters. The summed E-state index contributed by atoms with van der Waals surface area (Å²) in [5.41, 5.74) is 4.03. The molecule has 0 fully saturated rings. The van der Waals surface area contributed by atoms with Crippen molar-refractivity contribution >= 4 is 22.7 Å². The number of nitrogen functional groups attached to an aromatic ring is 1. The van der Waals surface area contributed by atoms with E-state index in [0.717, 1.165) is 5.75 Å². The normalized spacial score (nSPS) is 9.52. The van der Waals surface area contributed by atoms with Gasteiger partial charge in [-0.3, -0.25) is 30.3 Å². The van der Waals surface area contributed by atoms with Crippen molar-refractivity contribution < 1.29 is 19.5 Å². The van der Waals surface area contributed by atoms with Gasteiger partial charge in [0.05, 0.1) is 39.7 Å². The highest BCUT2D eigenvalue weighted by atomic mass is 16.6. The van der Waals surface area contributed by atoms with Crippen molar-refractivity contribution in [3.05, 3.63) is 72.3 Å². The molecule has 25 heavy (non-hydrogen) atoms. The smallest absolute Gasteiger partial charge is 0.286 e. The summed E-state index contributed by atoms with van der Waals surface area (Å²) in [6.45, 7) is 1.17. The standard InChI is InChI=1S/C7H5N3O6.C7H9NO/c1-4-6(9(13)14)2-5(8(11)12)3-7(4)10(15)16;1-9-7-5-3-2-4-6(7)8/h2-3H,1H3;2-5H,8H2,1H3. The summed E-state index contributed by atoms with van der Waals surface area (Å²) < 4.78 is 4.92. The molecule has 11 heteroatoms. The minimum atomic E-state index is -0.917. The Morgan fingerprint density at radius 1 is 0.920 bits per heavy atom. The first-order valence-electron chi connectivity index (χ1n) is 6.65. The Kier molecular flexibility index (Phi) is 6.32. The second kappa shape index (κ2) is 8.19. The van der Waals surface area contributed by atoms with Crippen LogP contribution in [0.4, 0.5) is 22.7 Å². The van der Waals surface area contributed by atoms with Gasteiger partial charge in [-0.25, -0.2) is 0 Å². The van der Waals surface area contributed by atoms with Gasteiger partial charge in [0, 0.05) is 0 Å². The number of benzene rings is 2. The fourth-order valence-electron chi connectivity index (χ4n) is 1.82. The average molecular weight is 350 g/mol. The molecular weight excluding hydrogens is 336 g/mol. The van der Waals surface area contributed by atoms with Gasteiger partial charge in [0.15, 0.2) is 0 Å². The molecule has 0 amide bonds. The lowest BCUT2D eigenvalue weighted by molar-refractivity contribution is -0.403. The molecule has 0 aliphatic carbocycles. The number of nitro benzene ring substituents is 3. The molecule has 132 valence electrons. The van der Waals surface area contributed by atoms with Crippen LogP contribution in [-0.4, -0.2) is 21.9 Å². The Morgan fingerprint density at radius 3 is 1.72 bits per heavy atom. The lowest BCUT2D eigenvalue weighted by Crippen LogP contribution is -2.00. The third kappa shape index (κ3) is 4.86. The van der Waals surface area contributed by atoms with Crippen molar-refractivity contribution in [1.82, 2.24) is 0 Å². The highest BCUT2D eigenvalue weighted by Crippen LogP contribution is 2.32. The number of ether oxygens (including phenoxy) is 1. The first kappa shape index (κ1) is 19.3. The van der Waals surface area contributed by atoms with E-state index in [4.69, 9.17) is 10.5 Å². The molecule has 0 aliphatic heterocycles. The largest absolute Gasteiger partial charge is 0.495 e. The Balaban J connectivity index is 0.000000293. The van der Waals surface area contributed by atoms with Gasteiger partial charge in [-0.1, -0.05) is 12.1 Å². The number of nitrogens with two attached hydrogens (primary N) is 1. The molecule has 0 radical (unpaired) electrons. The number of para-hydroxylation sites is 2. The second-order valence-electron chi connectivity index (χ2n) is 4.62. The third-order valence-electron chi connectivity index (χ3n) is 3.08. The van der Waals surface area contributed by atoms with Gasteiger partial charge in [0.1, 0.15) is 11.3 Å². The van der Waals surface area contributed by atoms with Crippen molar-refractivity contribution in [3.63, 3.8) is 0 Å². The van der Waals surface area contributed by atoms with Crippen molar-refractivity contribution in [2.75, 3.05) is 12.8 Å². The maximum Gasteiger partial charge on any atom is 0.286 e. The molecular formula is C14H14N4O7. The van der Waals surface area contributed by atoms with Crippen LogP contribution in [0.15, 0.2) is 36.4 Å². The van der Waals surface area contributed by atoms with Crippen molar-refractivity contribution in [3.8, 4) is 5.75 Å². The SMILES string of the molecule is COc1ccccc1N.Cc1c([N+](=O)[O-])cc([N+](=O)[O-])cc1[N+](=O)[O-]. The van der Waals surface area contributed by atoms with Crippen LogP contribution in [0.1, 0.15) is 5.56 Å². The number of rotatable bonds is 4. The van der Waals surface area contributed by atoms with Crippen LogP contribution in [0.5, 0.6) is 5.75 Å². The summed E-state index contributed by atoms with van der Waals surface area (Å²) in [6, 6.07) is 8.78. The van der Waals surface area contributed by atoms with E-state index < -0.39 is 31.8 Å². The van der Waals surface area contributed by atoms with Crippen molar-refractivity contribution in [2.45, 2.75) is 6.92 Å².